The Kier molecular flexibility index (Phi) is 7.01. The third-order valence-electron chi connectivity index (χ3n) is 5.90. The fourth-order valence-electron chi connectivity index (χ4n) is 4.13. The molecule has 1 amide bonds. The molecule has 0 radical (unpaired) electrons. The average Bonchev–Trinajstić information content (AvgIpc) is 3.14. The number of aromatic hydroxyl groups is 1. The Balaban J connectivity index is 1.78. The number of aliphatic hydroxyl groups is 1. The van der Waals surface area contributed by atoms with Gasteiger partial charge in [0.05, 0.1) is 28.7 Å². The Hall–Kier alpha value is -4.99. The standard InChI is InChI=1S/C27H22N2O8/c1-2-37-27(34)18-8-6-16(7-9-18)15-28-23(17-10-12-21(30)13-11-17)22(25(32)26(28)33)24(31)19-4-3-5-20(14-19)29(35)36/h3-14,23,30-31H,2,15H2,1H3/b24-22-. The van der Waals surface area contributed by atoms with Crippen molar-refractivity contribution < 1.29 is 34.3 Å². The molecule has 0 spiro atoms. The lowest BCUT2D eigenvalue weighted by Crippen LogP contribution is -2.29. The van der Waals surface area contributed by atoms with Gasteiger partial charge in [0.25, 0.3) is 17.4 Å². The van der Waals surface area contributed by atoms with Crippen LogP contribution in [0.1, 0.15) is 40.0 Å². The molecule has 10 nitrogen and oxygen atoms in total. The minimum atomic E-state index is -1.04. The maximum absolute atomic E-state index is 13.2. The van der Waals surface area contributed by atoms with Crippen LogP contribution < -0.4 is 0 Å². The van der Waals surface area contributed by atoms with Crippen LogP contribution in [0.15, 0.2) is 78.4 Å². The normalized spacial score (nSPS) is 16.6. The summed E-state index contributed by atoms with van der Waals surface area (Å²) in [6.45, 7) is 1.88. The predicted octanol–water partition coefficient (Wildman–Crippen LogP) is 4.10. The molecule has 1 heterocycles. The van der Waals surface area contributed by atoms with Crippen molar-refractivity contribution >= 4 is 29.1 Å². The van der Waals surface area contributed by atoms with E-state index in [-0.39, 0.29) is 35.7 Å². The number of aliphatic hydroxyl groups excluding tert-OH is 1. The van der Waals surface area contributed by atoms with Crippen LogP contribution in [0.3, 0.4) is 0 Å². The zero-order valence-electron chi connectivity index (χ0n) is 19.7. The lowest BCUT2D eigenvalue weighted by Gasteiger charge is -2.25. The van der Waals surface area contributed by atoms with E-state index in [2.05, 4.69) is 0 Å². The summed E-state index contributed by atoms with van der Waals surface area (Å²) < 4.78 is 4.98. The van der Waals surface area contributed by atoms with E-state index >= 15 is 0 Å². The van der Waals surface area contributed by atoms with Crippen molar-refractivity contribution in [2.45, 2.75) is 19.5 Å². The summed E-state index contributed by atoms with van der Waals surface area (Å²) in [6.07, 6.45) is 0. The van der Waals surface area contributed by atoms with Crippen LogP contribution in [0.5, 0.6) is 5.75 Å². The van der Waals surface area contributed by atoms with Gasteiger partial charge in [0.15, 0.2) is 0 Å². The molecule has 10 heteroatoms. The van der Waals surface area contributed by atoms with Crippen LogP contribution in [-0.2, 0) is 20.9 Å². The number of ether oxygens (including phenoxy) is 1. The van der Waals surface area contributed by atoms with E-state index in [1.54, 1.807) is 31.2 Å². The zero-order chi connectivity index (χ0) is 26.7. The zero-order valence-corrected chi connectivity index (χ0v) is 19.7. The van der Waals surface area contributed by atoms with Crippen LogP contribution in [-0.4, -0.2) is 44.3 Å². The molecule has 0 aromatic heterocycles. The molecule has 1 aliphatic rings. The molecule has 1 atom stereocenters. The molecular weight excluding hydrogens is 480 g/mol. The first-order chi connectivity index (χ1) is 17.7. The molecule has 4 rings (SSSR count). The number of esters is 1. The van der Waals surface area contributed by atoms with E-state index < -0.39 is 34.4 Å². The summed E-state index contributed by atoms with van der Waals surface area (Å²) in [5.41, 5.74) is 0.852. The highest BCUT2D eigenvalue weighted by Crippen LogP contribution is 2.41. The number of hydrogen-bond donors (Lipinski definition) is 2. The maximum Gasteiger partial charge on any atom is 0.338 e. The van der Waals surface area contributed by atoms with Gasteiger partial charge in [0.1, 0.15) is 11.5 Å². The first-order valence-corrected chi connectivity index (χ1v) is 11.3. The van der Waals surface area contributed by atoms with E-state index in [0.29, 0.717) is 16.7 Å². The van der Waals surface area contributed by atoms with E-state index in [0.717, 1.165) is 6.07 Å². The monoisotopic (exact) mass is 502 g/mol. The second-order valence-corrected chi connectivity index (χ2v) is 8.24. The molecule has 0 aliphatic carbocycles. The molecule has 1 aliphatic heterocycles. The van der Waals surface area contributed by atoms with Crippen molar-refractivity contribution in [3.63, 3.8) is 0 Å². The predicted molar refractivity (Wildman–Crippen MR) is 131 cm³/mol. The van der Waals surface area contributed by atoms with Gasteiger partial charge in [-0.15, -0.1) is 0 Å². The van der Waals surface area contributed by atoms with Crippen molar-refractivity contribution in [1.82, 2.24) is 4.90 Å². The number of nitro groups is 1. The third-order valence-corrected chi connectivity index (χ3v) is 5.90. The molecule has 1 saturated heterocycles. The number of nitro benzene ring substituents is 1. The van der Waals surface area contributed by atoms with Gasteiger partial charge < -0.3 is 19.8 Å². The summed E-state index contributed by atoms with van der Waals surface area (Å²) in [7, 11) is 0. The van der Waals surface area contributed by atoms with Crippen LogP contribution in [0, 0.1) is 10.1 Å². The third kappa shape index (κ3) is 5.03. The first kappa shape index (κ1) is 25.1. The summed E-state index contributed by atoms with van der Waals surface area (Å²) in [4.78, 5) is 50.1. The number of phenolic OH excluding ortho intramolecular Hbond substituents is 1. The van der Waals surface area contributed by atoms with Gasteiger partial charge in [-0.05, 0) is 42.3 Å². The molecule has 0 saturated carbocycles. The van der Waals surface area contributed by atoms with Crippen molar-refractivity contribution in [1.29, 1.82) is 0 Å². The van der Waals surface area contributed by atoms with Gasteiger partial charge in [-0.1, -0.05) is 36.4 Å². The number of amides is 1. The Morgan fingerprint density at radius 2 is 1.70 bits per heavy atom. The number of rotatable bonds is 7. The molecule has 0 bridgehead atoms. The molecule has 2 N–H and O–H groups in total. The van der Waals surface area contributed by atoms with Gasteiger partial charge in [-0.25, -0.2) is 4.79 Å². The average molecular weight is 502 g/mol. The Bertz CT molecular complexity index is 1410. The van der Waals surface area contributed by atoms with Gasteiger partial charge in [-0.3, -0.25) is 19.7 Å². The van der Waals surface area contributed by atoms with Crippen molar-refractivity contribution in [2.75, 3.05) is 6.61 Å². The van der Waals surface area contributed by atoms with Crippen molar-refractivity contribution in [3.05, 3.63) is 111 Å². The summed E-state index contributed by atoms with van der Waals surface area (Å²) in [5, 5.41) is 32.0. The molecule has 1 unspecified atom stereocenters. The van der Waals surface area contributed by atoms with E-state index in [9.17, 15) is 34.7 Å². The van der Waals surface area contributed by atoms with Gasteiger partial charge in [0.2, 0.25) is 0 Å². The molecule has 1 fully saturated rings. The molecule has 37 heavy (non-hydrogen) atoms. The number of likely N-dealkylation sites (tertiary alicyclic amines) is 1. The first-order valence-electron chi connectivity index (χ1n) is 11.3. The molecular formula is C27H22N2O8. The maximum atomic E-state index is 13.2. The second-order valence-electron chi connectivity index (χ2n) is 8.24. The second kappa shape index (κ2) is 10.3. The van der Waals surface area contributed by atoms with Gasteiger partial charge in [0, 0.05) is 24.2 Å². The number of ketones is 1. The largest absolute Gasteiger partial charge is 0.508 e. The van der Waals surface area contributed by atoms with E-state index in [4.69, 9.17) is 4.74 Å². The Morgan fingerprint density at radius 3 is 2.32 bits per heavy atom. The van der Waals surface area contributed by atoms with E-state index in [1.807, 2.05) is 0 Å². The Labute approximate surface area is 211 Å². The van der Waals surface area contributed by atoms with Crippen LogP contribution in [0.4, 0.5) is 5.69 Å². The van der Waals surface area contributed by atoms with E-state index in [1.165, 1.54) is 47.4 Å². The van der Waals surface area contributed by atoms with Crippen molar-refractivity contribution in [3.8, 4) is 5.75 Å². The summed E-state index contributed by atoms with van der Waals surface area (Å²) in [6, 6.07) is 16.2. The van der Waals surface area contributed by atoms with Crippen LogP contribution in [0.25, 0.3) is 5.76 Å². The van der Waals surface area contributed by atoms with Gasteiger partial charge in [-0.2, -0.15) is 0 Å². The summed E-state index contributed by atoms with van der Waals surface area (Å²) >= 11 is 0. The molecule has 3 aromatic carbocycles. The topological polar surface area (TPSA) is 147 Å². The smallest absolute Gasteiger partial charge is 0.338 e. The summed E-state index contributed by atoms with van der Waals surface area (Å²) in [5.74, 6) is -2.91. The number of nitrogens with zero attached hydrogens (tertiary/aromatic N) is 2. The highest BCUT2D eigenvalue weighted by atomic mass is 16.6. The van der Waals surface area contributed by atoms with Crippen LogP contribution >= 0.6 is 0 Å². The Morgan fingerprint density at radius 1 is 1.03 bits per heavy atom. The lowest BCUT2D eigenvalue weighted by atomic mass is 9.95. The highest BCUT2D eigenvalue weighted by molar-refractivity contribution is 6.46. The quantitative estimate of drug-likeness (QED) is 0.123. The fourth-order valence-corrected chi connectivity index (χ4v) is 4.13. The molecule has 3 aromatic rings. The van der Waals surface area contributed by atoms with Crippen LogP contribution in [0.2, 0.25) is 0 Å². The van der Waals surface area contributed by atoms with Gasteiger partial charge >= 0.3 is 5.97 Å². The minimum Gasteiger partial charge on any atom is -0.508 e. The lowest BCUT2D eigenvalue weighted by molar-refractivity contribution is -0.384. The SMILES string of the molecule is CCOC(=O)c1ccc(CN2C(=O)C(=O)/C(=C(\O)c3cccc([N+](=O)[O-])c3)C2c2ccc(O)cc2)cc1. The van der Waals surface area contributed by atoms with Crippen molar-refractivity contribution in [2.24, 2.45) is 0 Å². The molecule has 188 valence electrons. The minimum absolute atomic E-state index is 0.00904. The highest BCUT2D eigenvalue weighted by Gasteiger charge is 2.46. The number of hydrogen-bond acceptors (Lipinski definition) is 8. The number of carbonyl (C=O) groups excluding carboxylic acids is 3. The number of non-ortho nitro benzene ring substituents is 1. The number of Topliss-reactive ketones (excluding diaryl/α,β-unsaturated/α-hetero) is 1. The number of benzene rings is 3. The number of phenols is 1. The fraction of sp³-hybridized carbons (Fsp3) is 0.148. The number of carbonyl (C=O) groups is 3.